The lowest BCUT2D eigenvalue weighted by Gasteiger charge is -2.04. The van der Waals surface area contributed by atoms with Gasteiger partial charge in [0.05, 0.1) is 5.97 Å². The second kappa shape index (κ2) is 3.92. The normalized spacial score (nSPS) is 10.9. The fraction of sp³-hybridized carbons (Fsp3) is 0. The Hall–Kier alpha value is -2.20. The van der Waals surface area contributed by atoms with E-state index in [0.717, 1.165) is 4.70 Å². The number of aromatic carboxylic acids is 1. The molecule has 18 heavy (non-hydrogen) atoms. The van der Waals surface area contributed by atoms with Crippen molar-refractivity contribution in [1.82, 2.24) is 0 Å². The summed E-state index contributed by atoms with van der Waals surface area (Å²) in [5, 5.41) is 12.0. The molecule has 0 radical (unpaired) electrons. The standard InChI is InChI=1S/C14H8O3S/c15-13-9-3-1-2-4-11(9)18-12-7-8(14(16)17)5-6-10(12)13/h1-7H,(H,16,17)/p-1. The Morgan fingerprint density at radius 3 is 2.50 bits per heavy atom. The van der Waals surface area contributed by atoms with Crippen molar-refractivity contribution >= 4 is 37.5 Å². The Labute approximate surface area is 106 Å². The summed E-state index contributed by atoms with van der Waals surface area (Å²) in [5.41, 5.74) is 0.0256. The zero-order valence-corrected chi connectivity index (χ0v) is 9.99. The van der Waals surface area contributed by atoms with Gasteiger partial charge in [0, 0.05) is 20.2 Å². The lowest BCUT2D eigenvalue weighted by molar-refractivity contribution is -0.255. The van der Waals surface area contributed by atoms with Crippen LogP contribution in [0.5, 0.6) is 0 Å². The fourth-order valence-electron chi connectivity index (χ4n) is 1.93. The summed E-state index contributed by atoms with van der Waals surface area (Å²) >= 11 is 1.41. The molecule has 2 aromatic carbocycles. The zero-order valence-electron chi connectivity index (χ0n) is 9.17. The average Bonchev–Trinajstić information content (AvgIpc) is 2.38. The van der Waals surface area contributed by atoms with Gasteiger partial charge in [0.25, 0.3) is 0 Å². The van der Waals surface area contributed by atoms with E-state index in [1.807, 2.05) is 18.2 Å². The zero-order chi connectivity index (χ0) is 12.7. The van der Waals surface area contributed by atoms with Gasteiger partial charge >= 0.3 is 0 Å². The number of carboxylic acid groups (broad SMARTS) is 1. The maximum Gasteiger partial charge on any atom is 0.195 e. The summed E-state index contributed by atoms with van der Waals surface area (Å²) in [5.74, 6) is -1.23. The lowest BCUT2D eigenvalue weighted by Crippen LogP contribution is -2.22. The molecule has 3 rings (SSSR count). The fourth-order valence-corrected chi connectivity index (χ4v) is 3.04. The van der Waals surface area contributed by atoms with Gasteiger partial charge in [0.15, 0.2) is 5.43 Å². The van der Waals surface area contributed by atoms with Crippen LogP contribution in [0.2, 0.25) is 0 Å². The van der Waals surface area contributed by atoms with E-state index in [2.05, 4.69) is 0 Å². The van der Waals surface area contributed by atoms with Crippen LogP contribution in [-0.4, -0.2) is 5.97 Å². The summed E-state index contributed by atoms with van der Waals surface area (Å²) in [6.45, 7) is 0. The van der Waals surface area contributed by atoms with Crippen LogP contribution in [0.4, 0.5) is 0 Å². The first-order valence-electron chi connectivity index (χ1n) is 5.34. The van der Waals surface area contributed by atoms with Gasteiger partial charge in [-0.3, -0.25) is 4.79 Å². The van der Waals surface area contributed by atoms with Crippen molar-refractivity contribution in [2.75, 3.05) is 0 Å². The van der Waals surface area contributed by atoms with Gasteiger partial charge in [-0.2, -0.15) is 0 Å². The first-order chi connectivity index (χ1) is 8.66. The van der Waals surface area contributed by atoms with E-state index in [1.165, 1.54) is 23.5 Å². The SMILES string of the molecule is O=C([O-])c1ccc2c(=O)c3ccccc3sc2c1. The molecule has 1 heterocycles. The molecule has 0 amide bonds. The quantitative estimate of drug-likeness (QED) is 0.623. The van der Waals surface area contributed by atoms with Crippen LogP contribution >= 0.6 is 11.3 Å². The molecule has 0 fully saturated rings. The summed E-state index contributed by atoms with van der Waals surface area (Å²) < 4.78 is 1.52. The van der Waals surface area contributed by atoms with Crippen molar-refractivity contribution in [3.8, 4) is 0 Å². The third-order valence-electron chi connectivity index (χ3n) is 2.81. The van der Waals surface area contributed by atoms with Gasteiger partial charge in [-0.25, -0.2) is 0 Å². The van der Waals surface area contributed by atoms with Crippen molar-refractivity contribution in [3.05, 3.63) is 58.3 Å². The Morgan fingerprint density at radius 2 is 1.72 bits per heavy atom. The highest BCUT2D eigenvalue weighted by atomic mass is 32.1. The molecule has 1 aromatic heterocycles. The average molecular weight is 255 g/mol. The van der Waals surface area contributed by atoms with Crippen molar-refractivity contribution in [1.29, 1.82) is 0 Å². The number of benzene rings is 2. The van der Waals surface area contributed by atoms with E-state index in [0.29, 0.717) is 15.5 Å². The summed E-state index contributed by atoms with van der Waals surface area (Å²) in [4.78, 5) is 23.0. The molecule has 3 nitrogen and oxygen atoms in total. The summed E-state index contributed by atoms with van der Waals surface area (Å²) in [6.07, 6.45) is 0. The Bertz CT molecular complexity index is 833. The van der Waals surface area contributed by atoms with Crippen molar-refractivity contribution < 1.29 is 9.90 Å². The second-order valence-electron chi connectivity index (χ2n) is 3.93. The molecule has 0 saturated carbocycles. The van der Waals surface area contributed by atoms with Gasteiger partial charge in [-0.1, -0.05) is 18.2 Å². The smallest absolute Gasteiger partial charge is 0.195 e. The molecule has 4 heteroatoms. The van der Waals surface area contributed by atoms with Gasteiger partial charge in [-0.15, -0.1) is 11.3 Å². The maximum absolute atomic E-state index is 12.2. The molecule has 0 N–H and O–H groups in total. The number of hydrogen-bond acceptors (Lipinski definition) is 4. The molecule has 0 aliphatic rings. The minimum absolute atomic E-state index is 0.0655. The monoisotopic (exact) mass is 255 g/mol. The van der Waals surface area contributed by atoms with Gasteiger partial charge in [0.2, 0.25) is 0 Å². The Morgan fingerprint density at radius 1 is 1.00 bits per heavy atom. The number of carbonyl (C=O) groups excluding carboxylic acids is 1. The lowest BCUT2D eigenvalue weighted by atomic mass is 10.1. The van der Waals surface area contributed by atoms with Gasteiger partial charge in [0.1, 0.15) is 0 Å². The third kappa shape index (κ3) is 1.58. The molecule has 0 aliphatic heterocycles. The Balaban J connectivity index is 2.48. The van der Waals surface area contributed by atoms with Crippen LogP contribution in [0.3, 0.4) is 0 Å². The molecule has 0 atom stereocenters. The van der Waals surface area contributed by atoms with Crippen LogP contribution in [-0.2, 0) is 0 Å². The van der Waals surface area contributed by atoms with E-state index < -0.39 is 5.97 Å². The van der Waals surface area contributed by atoms with Gasteiger partial charge in [-0.05, 0) is 29.8 Å². The number of rotatable bonds is 1. The highest BCUT2D eigenvalue weighted by Gasteiger charge is 2.06. The van der Waals surface area contributed by atoms with E-state index in [9.17, 15) is 14.7 Å². The molecule has 0 saturated heterocycles. The molecular weight excluding hydrogens is 248 g/mol. The van der Waals surface area contributed by atoms with Crippen molar-refractivity contribution in [2.45, 2.75) is 0 Å². The third-order valence-corrected chi connectivity index (χ3v) is 3.95. The minimum Gasteiger partial charge on any atom is -0.545 e. The molecule has 0 spiro atoms. The van der Waals surface area contributed by atoms with E-state index >= 15 is 0 Å². The van der Waals surface area contributed by atoms with Crippen LogP contribution < -0.4 is 10.5 Å². The predicted molar refractivity (Wildman–Crippen MR) is 69.9 cm³/mol. The molecule has 0 bridgehead atoms. The van der Waals surface area contributed by atoms with E-state index in [4.69, 9.17) is 0 Å². The number of hydrogen-bond donors (Lipinski definition) is 0. The van der Waals surface area contributed by atoms with Crippen molar-refractivity contribution in [3.63, 3.8) is 0 Å². The first kappa shape index (κ1) is 10.9. The Kier molecular flexibility index (Phi) is 2.38. The van der Waals surface area contributed by atoms with Crippen LogP contribution in [0.1, 0.15) is 10.4 Å². The van der Waals surface area contributed by atoms with Crippen LogP contribution in [0, 0.1) is 0 Å². The first-order valence-corrected chi connectivity index (χ1v) is 6.15. The van der Waals surface area contributed by atoms with Gasteiger partial charge < -0.3 is 9.90 Å². The van der Waals surface area contributed by atoms with Crippen LogP contribution in [0.15, 0.2) is 47.3 Å². The maximum atomic E-state index is 12.2. The second-order valence-corrected chi connectivity index (χ2v) is 5.01. The molecule has 0 aliphatic carbocycles. The highest BCUT2D eigenvalue weighted by molar-refractivity contribution is 7.24. The molecule has 3 aromatic rings. The summed E-state index contributed by atoms with van der Waals surface area (Å²) in [6, 6.07) is 11.7. The minimum atomic E-state index is -1.23. The van der Waals surface area contributed by atoms with E-state index in [1.54, 1.807) is 12.1 Å². The molecular formula is C14H7O3S-. The molecule has 88 valence electrons. The predicted octanol–water partition coefficient (Wildman–Crippen LogP) is 1.78. The van der Waals surface area contributed by atoms with Crippen LogP contribution in [0.25, 0.3) is 20.2 Å². The topological polar surface area (TPSA) is 57.2 Å². The van der Waals surface area contributed by atoms with E-state index in [-0.39, 0.29) is 11.0 Å². The molecule has 0 unspecified atom stereocenters. The largest absolute Gasteiger partial charge is 0.545 e. The number of carboxylic acids is 1. The highest BCUT2D eigenvalue weighted by Crippen LogP contribution is 2.25. The number of fused-ring (bicyclic) bond motifs is 2. The summed E-state index contributed by atoms with van der Waals surface area (Å²) in [7, 11) is 0. The van der Waals surface area contributed by atoms with Crippen molar-refractivity contribution in [2.24, 2.45) is 0 Å². The number of carbonyl (C=O) groups is 1.